The molecule has 0 fully saturated rings. The van der Waals surface area contributed by atoms with Gasteiger partial charge in [0.2, 0.25) is 0 Å². The van der Waals surface area contributed by atoms with Gasteiger partial charge in [0.25, 0.3) is 0 Å². The average molecular weight is 194 g/mol. The molecule has 0 saturated carbocycles. The summed E-state index contributed by atoms with van der Waals surface area (Å²) in [6, 6.07) is 3.70. The molecule has 0 spiro atoms. The van der Waals surface area contributed by atoms with Gasteiger partial charge in [0.05, 0.1) is 19.4 Å². The summed E-state index contributed by atoms with van der Waals surface area (Å²) in [5.74, 6) is 3.27. The highest BCUT2D eigenvalue weighted by Gasteiger charge is 1.96. The van der Waals surface area contributed by atoms with Crippen molar-refractivity contribution in [2.45, 2.75) is 6.54 Å². The Bertz CT molecular complexity index is 300. The maximum absolute atomic E-state index is 5.10. The molecular weight excluding hydrogens is 184 g/mol. The monoisotopic (exact) mass is 194 g/mol. The van der Waals surface area contributed by atoms with Crippen molar-refractivity contribution < 1.29 is 4.42 Å². The number of furan rings is 1. The molecule has 0 atom stereocenters. The fraction of sp³-hybridized carbons (Fsp3) is 0.222. The van der Waals surface area contributed by atoms with Crippen LogP contribution in [0.1, 0.15) is 5.76 Å². The molecule has 0 aliphatic rings. The van der Waals surface area contributed by atoms with Gasteiger partial charge in [-0.05, 0) is 24.4 Å². The quantitative estimate of drug-likeness (QED) is 0.553. The molecule has 0 amide bonds. The summed E-state index contributed by atoms with van der Waals surface area (Å²) in [6.45, 7) is 1.01. The molecule has 0 bridgehead atoms. The smallest absolute Gasteiger partial charge is 0.167 e. The van der Waals surface area contributed by atoms with E-state index < -0.39 is 0 Å². The summed E-state index contributed by atoms with van der Waals surface area (Å²) in [6.07, 6.45) is 6.67. The third kappa shape index (κ3) is 3.63. The third-order valence-electron chi connectivity index (χ3n) is 1.35. The zero-order chi connectivity index (χ0) is 9.52. The van der Waals surface area contributed by atoms with Crippen LogP contribution in [0.15, 0.2) is 22.8 Å². The van der Waals surface area contributed by atoms with Crippen LogP contribution in [0.2, 0.25) is 0 Å². The Kier molecular flexibility index (Phi) is 3.86. The second-order valence-corrected chi connectivity index (χ2v) is 2.73. The van der Waals surface area contributed by atoms with Gasteiger partial charge < -0.3 is 15.1 Å². The van der Waals surface area contributed by atoms with E-state index >= 15 is 0 Å². The molecule has 0 unspecified atom stereocenters. The minimum atomic E-state index is 0.435. The standard InChI is InChI=1S/C9H10N2OS/c1-2-5-10-9(13)11-7-8-4-3-6-12-8/h1,3-4,6H,5,7H2,(H2,10,11,13). The Morgan fingerprint density at radius 3 is 3.08 bits per heavy atom. The Hall–Kier alpha value is -1.47. The van der Waals surface area contributed by atoms with Crippen LogP contribution in [0, 0.1) is 12.3 Å². The Morgan fingerprint density at radius 1 is 1.62 bits per heavy atom. The molecule has 0 aliphatic carbocycles. The van der Waals surface area contributed by atoms with Crippen molar-refractivity contribution in [1.82, 2.24) is 10.6 Å². The van der Waals surface area contributed by atoms with Crippen LogP contribution in [0.5, 0.6) is 0 Å². The number of nitrogens with one attached hydrogen (secondary N) is 2. The molecule has 0 radical (unpaired) electrons. The summed E-state index contributed by atoms with van der Waals surface area (Å²) in [5.41, 5.74) is 0. The highest BCUT2D eigenvalue weighted by molar-refractivity contribution is 7.80. The summed E-state index contributed by atoms with van der Waals surface area (Å²) >= 11 is 4.93. The predicted molar refractivity (Wildman–Crippen MR) is 55.0 cm³/mol. The van der Waals surface area contributed by atoms with Gasteiger partial charge in [0.15, 0.2) is 5.11 Å². The van der Waals surface area contributed by atoms with Gasteiger partial charge in [-0.3, -0.25) is 0 Å². The van der Waals surface area contributed by atoms with Crippen molar-refractivity contribution in [2.75, 3.05) is 6.54 Å². The molecule has 13 heavy (non-hydrogen) atoms. The van der Waals surface area contributed by atoms with Crippen LogP contribution in [0.3, 0.4) is 0 Å². The van der Waals surface area contributed by atoms with Crippen LogP contribution in [0.25, 0.3) is 0 Å². The molecule has 2 N–H and O–H groups in total. The zero-order valence-corrected chi connectivity index (χ0v) is 7.86. The predicted octanol–water partition coefficient (Wildman–Crippen LogP) is 0.877. The van der Waals surface area contributed by atoms with Crippen molar-refractivity contribution in [3.63, 3.8) is 0 Å². The molecular formula is C9H10N2OS. The topological polar surface area (TPSA) is 37.2 Å². The highest BCUT2D eigenvalue weighted by Crippen LogP contribution is 1.97. The molecule has 0 saturated heterocycles. The normalized spacial score (nSPS) is 8.85. The van der Waals surface area contributed by atoms with E-state index in [2.05, 4.69) is 16.6 Å². The molecule has 0 aromatic carbocycles. The number of rotatable bonds is 3. The van der Waals surface area contributed by atoms with Crippen LogP contribution < -0.4 is 10.6 Å². The van der Waals surface area contributed by atoms with E-state index in [9.17, 15) is 0 Å². The van der Waals surface area contributed by atoms with Crippen LogP contribution in [-0.4, -0.2) is 11.7 Å². The average Bonchev–Trinajstić information content (AvgIpc) is 2.64. The summed E-state index contributed by atoms with van der Waals surface area (Å²) < 4.78 is 5.10. The van der Waals surface area contributed by atoms with Gasteiger partial charge in [-0.2, -0.15) is 0 Å². The molecule has 68 valence electrons. The van der Waals surface area contributed by atoms with Crippen molar-refractivity contribution in [2.24, 2.45) is 0 Å². The first kappa shape index (κ1) is 9.62. The van der Waals surface area contributed by atoms with Gasteiger partial charge in [0, 0.05) is 0 Å². The first-order chi connectivity index (χ1) is 6.33. The minimum Gasteiger partial charge on any atom is -0.467 e. The first-order valence-corrected chi connectivity index (χ1v) is 4.21. The van der Waals surface area contributed by atoms with E-state index in [-0.39, 0.29) is 0 Å². The summed E-state index contributed by atoms with van der Waals surface area (Å²) in [7, 11) is 0. The maximum atomic E-state index is 5.10. The van der Waals surface area contributed by atoms with E-state index in [0.29, 0.717) is 18.2 Å². The summed E-state index contributed by atoms with van der Waals surface area (Å²) in [4.78, 5) is 0. The lowest BCUT2D eigenvalue weighted by Crippen LogP contribution is -2.34. The number of terminal acetylenes is 1. The SMILES string of the molecule is C#CCNC(=S)NCc1ccco1. The molecule has 1 aromatic heterocycles. The lowest BCUT2D eigenvalue weighted by atomic mass is 10.4. The van der Waals surface area contributed by atoms with Gasteiger partial charge in [0.1, 0.15) is 5.76 Å². The van der Waals surface area contributed by atoms with Crippen LogP contribution in [-0.2, 0) is 6.54 Å². The van der Waals surface area contributed by atoms with Gasteiger partial charge in [-0.1, -0.05) is 5.92 Å². The van der Waals surface area contributed by atoms with Gasteiger partial charge in [-0.15, -0.1) is 6.42 Å². The van der Waals surface area contributed by atoms with Crippen molar-refractivity contribution in [3.05, 3.63) is 24.2 Å². The zero-order valence-electron chi connectivity index (χ0n) is 7.04. The van der Waals surface area contributed by atoms with Crippen molar-refractivity contribution in [3.8, 4) is 12.3 Å². The molecule has 4 heteroatoms. The molecule has 1 heterocycles. The molecule has 0 aliphatic heterocycles. The van der Waals surface area contributed by atoms with E-state index in [1.165, 1.54) is 0 Å². The highest BCUT2D eigenvalue weighted by atomic mass is 32.1. The van der Waals surface area contributed by atoms with E-state index in [0.717, 1.165) is 5.76 Å². The Morgan fingerprint density at radius 2 is 2.46 bits per heavy atom. The van der Waals surface area contributed by atoms with E-state index in [1.807, 2.05) is 12.1 Å². The largest absolute Gasteiger partial charge is 0.467 e. The minimum absolute atomic E-state index is 0.435. The lowest BCUT2D eigenvalue weighted by Gasteiger charge is -2.05. The first-order valence-electron chi connectivity index (χ1n) is 3.80. The van der Waals surface area contributed by atoms with Crippen molar-refractivity contribution in [1.29, 1.82) is 0 Å². The Balaban J connectivity index is 2.20. The fourth-order valence-corrected chi connectivity index (χ4v) is 0.919. The van der Waals surface area contributed by atoms with Gasteiger partial charge in [-0.25, -0.2) is 0 Å². The second-order valence-electron chi connectivity index (χ2n) is 2.32. The van der Waals surface area contributed by atoms with Crippen LogP contribution >= 0.6 is 12.2 Å². The maximum Gasteiger partial charge on any atom is 0.167 e. The summed E-state index contributed by atoms with van der Waals surface area (Å²) in [5, 5.41) is 6.32. The number of thiocarbonyl (C=S) groups is 1. The number of hydrogen-bond donors (Lipinski definition) is 2. The third-order valence-corrected chi connectivity index (χ3v) is 1.64. The fourth-order valence-electron chi connectivity index (χ4n) is 0.774. The Labute approximate surface area is 82.5 Å². The van der Waals surface area contributed by atoms with Gasteiger partial charge >= 0.3 is 0 Å². The second kappa shape index (κ2) is 5.22. The lowest BCUT2D eigenvalue weighted by molar-refractivity contribution is 0.502. The van der Waals surface area contributed by atoms with Crippen LogP contribution in [0.4, 0.5) is 0 Å². The van der Waals surface area contributed by atoms with Crippen molar-refractivity contribution >= 4 is 17.3 Å². The van der Waals surface area contributed by atoms with E-state index in [4.69, 9.17) is 23.1 Å². The number of hydrogen-bond acceptors (Lipinski definition) is 2. The molecule has 3 nitrogen and oxygen atoms in total. The molecule has 1 aromatic rings. The molecule has 1 rings (SSSR count). The van der Waals surface area contributed by atoms with E-state index in [1.54, 1.807) is 6.26 Å².